The molecule has 0 aromatic carbocycles. The van der Waals surface area contributed by atoms with Crippen molar-refractivity contribution in [2.24, 2.45) is 0 Å². The number of likely N-dealkylation sites (N-methyl/N-ethyl adjacent to an activating group) is 1. The van der Waals surface area contributed by atoms with Crippen LogP contribution in [0, 0.1) is 0 Å². The van der Waals surface area contributed by atoms with Crippen molar-refractivity contribution in [2.45, 2.75) is 45.2 Å². The van der Waals surface area contributed by atoms with Crippen LogP contribution in [0.3, 0.4) is 0 Å². The molecule has 0 amide bonds. The van der Waals surface area contributed by atoms with Gasteiger partial charge in [0.1, 0.15) is 11.5 Å². The average Bonchev–Trinajstić information content (AvgIpc) is 3.22. The number of piperazine rings is 1. The Morgan fingerprint density at radius 3 is 2.81 bits per heavy atom. The molecular weight excluding hydrogens is 384 g/mol. The van der Waals surface area contributed by atoms with E-state index in [1.165, 1.54) is 29.9 Å². The van der Waals surface area contributed by atoms with Gasteiger partial charge in [0.05, 0.1) is 17.4 Å². The third-order valence-electron chi connectivity index (χ3n) is 6.83. The molecule has 0 radical (unpaired) electrons. The number of hydrogen-bond acceptors (Lipinski definition) is 5. The van der Waals surface area contributed by atoms with Gasteiger partial charge >= 0.3 is 0 Å². The van der Waals surface area contributed by atoms with Gasteiger partial charge in [0.15, 0.2) is 0 Å². The van der Waals surface area contributed by atoms with E-state index in [0.717, 1.165) is 63.5 Å². The van der Waals surface area contributed by atoms with Gasteiger partial charge in [-0.2, -0.15) is 0 Å². The smallest absolute Gasteiger partial charge is 0.138 e. The summed E-state index contributed by atoms with van der Waals surface area (Å²) in [4.78, 5) is 17.3. The summed E-state index contributed by atoms with van der Waals surface area (Å²) >= 11 is 0. The van der Waals surface area contributed by atoms with E-state index in [1.54, 1.807) is 0 Å². The van der Waals surface area contributed by atoms with Gasteiger partial charge in [-0.15, -0.1) is 0 Å². The molecule has 0 bridgehead atoms. The molecule has 1 fully saturated rings. The van der Waals surface area contributed by atoms with Crippen LogP contribution in [0.2, 0.25) is 0 Å². The topological polar surface area (TPSA) is 39.9 Å². The van der Waals surface area contributed by atoms with Crippen LogP contribution in [0.5, 0.6) is 0 Å². The number of aryl methyl sites for hydroxylation is 1. The number of aromatic nitrogens is 3. The van der Waals surface area contributed by atoms with E-state index in [9.17, 15) is 0 Å². The zero-order valence-electron chi connectivity index (χ0n) is 18.9. The molecule has 5 rings (SSSR count). The molecule has 3 aromatic heterocycles. The maximum Gasteiger partial charge on any atom is 0.138 e. The zero-order valence-corrected chi connectivity index (χ0v) is 18.9. The summed E-state index contributed by atoms with van der Waals surface area (Å²) < 4.78 is 2.29. The Bertz CT molecular complexity index is 1020. The molecule has 0 unspecified atom stereocenters. The molecule has 3 aromatic rings. The highest BCUT2D eigenvalue weighted by molar-refractivity contribution is 5.53. The molecule has 0 spiro atoms. The van der Waals surface area contributed by atoms with Gasteiger partial charge < -0.3 is 9.80 Å². The second kappa shape index (κ2) is 8.97. The molecule has 4 heterocycles. The molecule has 6 nitrogen and oxygen atoms in total. The van der Waals surface area contributed by atoms with Gasteiger partial charge in [-0.3, -0.25) is 14.3 Å². The first-order valence-electron chi connectivity index (χ1n) is 11.8. The molecule has 164 valence electrons. The van der Waals surface area contributed by atoms with Crippen LogP contribution in [0.25, 0.3) is 5.65 Å². The summed E-state index contributed by atoms with van der Waals surface area (Å²) in [5.41, 5.74) is 4.90. The fourth-order valence-electron chi connectivity index (χ4n) is 5.20. The Morgan fingerprint density at radius 2 is 1.97 bits per heavy atom. The lowest BCUT2D eigenvalue weighted by Crippen LogP contribution is -2.45. The van der Waals surface area contributed by atoms with E-state index in [2.05, 4.69) is 69.6 Å². The zero-order chi connectivity index (χ0) is 21.2. The molecule has 1 aliphatic heterocycles. The summed E-state index contributed by atoms with van der Waals surface area (Å²) in [6.45, 7) is 8.56. The monoisotopic (exact) mass is 418 g/mol. The normalized spacial score (nSPS) is 19.8. The Kier molecular flexibility index (Phi) is 5.92. The predicted molar refractivity (Wildman–Crippen MR) is 126 cm³/mol. The number of fused-ring (bicyclic) bond motifs is 2. The Hall–Kier alpha value is -2.44. The van der Waals surface area contributed by atoms with Gasteiger partial charge in [0.2, 0.25) is 0 Å². The van der Waals surface area contributed by atoms with Crippen LogP contribution in [-0.4, -0.2) is 63.9 Å². The van der Waals surface area contributed by atoms with Crippen molar-refractivity contribution in [2.75, 3.05) is 44.7 Å². The average molecular weight is 419 g/mol. The van der Waals surface area contributed by atoms with Gasteiger partial charge in [-0.25, -0.2) is 4.98 Å². The minimum atomic E-state index is 0.395. The standard InChI is InChI=1S/C25H34N6/c1-3-13-30(22-9-4-7-20-8-6-12-26-25(20)22)18-21-19-31-23(27-21)10-5-11-24(31)29-16-14-28(2)15-17-29/h5-6,8,10-12,19,22H,3-4,7,9,13-18H2,1-2H3/t22-/m0/s1. The SMILES string of the molecule is CCCN(Cc1cn2c(N3CCN(C)CC3)cccc2n1)[C@H]1CCCc2cccnc21. The summed E-state index contributed by atoms with van der Waals surface area (Å²) in [5, 5.41) is 0. The number of nitrogens with zero attached hydrogens (tertiary/aromatic N) is 6. The molecule has 1 saturated heterocycles. The number of imidazole rings is 1. The van der Waals surface area contributed by atoms with E-state index < -0.39 is 0 Å². The fraction of sp³-hybridized carbons (Fsp3) is 0.520. The van der Waals surface area contributed by atoms with Crippen LogP contribution in [0.1, 0.15) is 49.2 Å². The lowest BCUT2D eigenvalue weighted by Gasteiger charge is -2.34. The van der Waals surface area contributed by atoms with Crippen molar-refractivity contribution in [3.63, 3.8) is 0 Å². The number of rotatable bonds is 6. The van der Waals surface area contributed by atoms with E-state index in [-0.39, 0.29) is 0 Å². The molecule has 1 atom stereocenters. The van der Waals surface area contributed by atoms with Crippen molar-refractivity contribution in [3.8, 4) is 0 Å². The maximum absolute atomic E-state index is 5.02. The summed E-state index contributed by atoms with van der Waals surface area (Å²) in [6.07, 6.45) is 8.93. The van der Waals surface area contributed by atoms with Crippen molar-refractivity contribution in [1.82, 2.24) is 24.2 Å². The molecule has 0 N–H and O–H groups in total. The summed E-state index contributed by atoms with van der Waals surface area (Å²) in [6, 6.07) is 11.2. The molecule has 0 saturated carbocycles. The largest absolute Gasteiger partial charge is 0.355 e. The Morgan fingerprint density at radius 1 is 1.10 bits per heavy atom. The van der Waals surface area contributed by atoms with Crippen LogP contribution in [0.15, 0.2) is 42.7 Å². The maximum atomic E-state index is 5.02. The Balaban J connectivity index is 1.42. The molecular formula is C25H34N6. The van der Waals surface area contributed by atoms with E-state index in [0.29, 0.717) is 6.04 Å². The highest BCUT2D eigenvalue weighted by atomic mass is 15.3. The summed E-state index contributed by atoms with van der Waals surface area (Å²) in [7, 11) is 2.20. The third-order valence-corrected chi connectivity index (χ3v) is 6.83. The van der Waals surface area contributed by atoms with Crippen LogP contribution in [0.4, 0.5) is 5.82 Å². The number of pyridine rings is 2. The minimum Gasteiger partial charge on any atom is -0.355 e. The number of anilines is 1. The van der Waals surface area contributed by atoms with Crippen molar-refractivity contribution >= 4 is 11.5 Å². The van der Waals surface area contributed by atoms with Crippen LogP contribution in [-0.2, 0) is 13.0 Å². The lowest BCUT2D eigenvalue weighted by molar-refractivity contribution is 0.164. The third kappa shape index (κ3) is 4.19. The first-order valence-corrected chi connectivity index (χ1v) is 11.8. The van der Waals surface area contributed by atoms with Crippen molar-refractivity contribution in [3.05, 3.63) is 59.7 Å². The van der Waals surface area contributed by atoms with E-state index in [1.807, 2.05) is 6.20 Å². The lowest BCUT2D eigenvalue weighted by atomic mass is 9.90. The van der Waals surface area contributed by atoms with Crippen LogP contribution >= 0.6 is 0 Å². The first kappa shape index (κ1) is 20.5. The molecule has 1 aliphatic carbocycles. The van der Waals surface area contributed by atoms with Crippen molar-refractivity contribution < 1.29 is 0 Å². The summed E-state index contributed by atoms with van der Waals surface area (Å²) in [5.74, 6) is 1.26. The highest BCUT2D eigenvalue weighted by Gasteiger charge is 2.27. The fourth-order valence-corrected chi connectivity index (χ4v) is 5.20. The van der Waals surface area contributed by atoms with Crippen LogP contribution < -0.4 is 4.90 Å². The quantitative estimate of drug-likeness (QED) is 0.609. The van der Waals surface area contributed by atoms with Gasteiger partial charge in [0.25, 0.3) is 0 Å². The van der Waals surface area contributed by atoms with Gasteiger partial charge in [-0.05, 0) is 63.0 Å². The first-order chi connectivity index (χ1) is 15.2. The highest BCUT2D eigenvalue weighted by Crippen LogP contribution is 2.34. The molecule has 2 aliphatic rings. The Labute approximate surface area is 185 Å². The second-order valence-electron chi connectivity index (χ2n) is 9.06. The predicted octanol–water partition coefficient (Wildman–Crippen LogP) is 3.77. The van der Waals surface area contributed by atoms with Gasteiger partial charge in [-0.1, -0.05) is 19.1 Å². The van der Waals surface area contributed by atoms with Gasteiger partial charge in [0, 0.05) is 45.1 Å². The second-order valence-corrected chi connectivity index (χ2v) is 9.06. The minimum absolute atomic E-state index is 0.395. The number of hydrogen-bond donors (Lipinski definition) is 0. The van der Waals surface area contributed by atoms with E-state index in [4.69, 9.17) is 9.97 Å². The van der Waals surface area contributed by atoms with Crippen molar-refractivity contribution in [1.29, 1.82) is 0 Å². The van der Waals surface area contributed by atoms with E-state index >= 15 is 0 Å². The molecule has 31 heavy (non-hydrogen) atoms. The molecule has 6 heteroatoms.